The summed E-state index contributed by atoms with van der Waals surface area (Å²) in [7, 11) is 1.56. The molecule has 2 nitrogen and oxygen atoms in total. The van der Waals surface area contributed by atoms with Gasteiger partial charge in [-0.1, -0.05) is 34.8 Å². The fourth-order valence-corrected chi connectivity index (χ4v) is 2.25. The Bertz CT molecular complexity index is 522. The molecule has 0 radical (unpaired) electrons. The molecular formula is C11H8Cl3NO. The maximum atomic E-state index is 6.13. The van der Waals surface area contributed by atoms with Gasteiger partial charge >= 0.3 is 0 Å². The second-order valence-electron chi connectivity index (χ2n) is 3.14. The number of hydrogen-bond donors (Lipinski definition) is 0. The molecule has 0 bridgehead atoms. The van der Waals surface area contributed by atoms with Crippen LogP contribution in [0, 0.1) is 0 Å². The molecule has 5 heteroatoms. The first-order valence-electron chi connectivity index (χ1n) is 4.49. The van der Waals surface area contributed by atoms with Crippen LogP contribution in [0.3, 0.4) is 0 Å². The quantitative estimate of drug-likeness (QED) is 0.790. The Hall–Kier alpha value is -0.830. The van der Waals surface area contributed by atoms with Gasteiger partial charge in [-0.2, -0.15) is 0 Å². The third-order valence-corrected chi connectivity index (χ3v) is 2.97. The lowest BCUT2D eigenvalue weighted by Gasteiger charge is -2.13. The molecule has 0 aliphatic heterocycles. The van der Waals surface area contributed by atoms with E-state index in [1.807, 2.05) is 6.07 Å². The molecular weight excluding hydrogens is 268 g/mol. The van der Waals surface area contributed by atoms with Gasteiger partial charge in [-0.3, -0.25) is 0 Å². The second kappa shape index (κ2) is 4.58. The van der Waals surface area contributed by atoms with Crippen LogP contribution < -0.4 is 4.74 Å². The van der Waals surface area contributed by atoms with Crippen LogP contribution in [0.15, 0.2) is 30.5 Å². The Morgan fingerprint density at radius 2 is 1.94 bits per heavy atom. The van der Waals surface area contributed by atoms with Crippen molar-refractivity contribution < 1.29 is 4.74 Å². The van der Waals surface area contributed by atoms with Crippen molar-refractivity contribution in [2.24, 2.45) is 0 Å². The molecule has 84 valence electrons. The minimum Gasteiger partial charge on any atom is -0.494 e. The van der Waals surface area contributed by atoms with Crippen LogP contribution >= 0.6 is 34.8 Å². The van der Waals surface area contributed by atoms with E-state index in [0.717, 1.165) is 0 Å². The van der Waals surface area contributed by atoms with Gasteiger partial charge in [0.15, 0.2) is 0 Å². The van der Waals surface area contributed by atoms with Crippen molar-refractivity contribution in [3.63, 3.8) is 0 Å². The lowest BCUT2D eigenvalue weighted by Crippen LogP contribution is -1.97. The normalized spacial score (nSPS) is 10.5. The minimum absolute atomic E-state index is 0.488. The van der Waals surface area contributed by atoms with Crippen LogP contribution in [0.4, 0.5) is 0 Å². The Kier molecular flexibility index (Phi) is 3.33. The molecule has 0 fully saturated rings. The van der Waals surface area contributed by atoms with Crippen molar-refractivity contribution in [2.75, 3.05) is 7.11 Å². The van der Waals surface area contributed by atoms with Gasteiger partial charge in [-0.05, 0) is 18.2 Å². The van der Waals surface area contributed by atoms with Crippen molar-refractivity contribution in [3.05, 3.63) is 45.7 Å². The molecule has 0 amide bonds. The predicted octanol–water partition coefficient (Wildman–Crippen LogP) is 4.45. The fraction of sp³-hybridized carbons (Fsp3) is 0.0909. The molecule has 1 aromatic heterocycles. The topological polar surface area (TPSA) is 14.2 Å². The van der Waals surface area contributed by atoms with Crippen LogP contribution in [0.1, 0.15) is 0 Å². The number of nitrogens with zero attached hydrogens (tertiary/aromatic N) is 1. The number of rotatable bonds is 2. The molecule has 0 aliphatic carbocycles. The Balaban J connectivity index is 2.69. The summed E-state index contributed by atoms with van der Waals surface area (Å²) in [6, 6.07) is 6.94. The van der Waals surface area contributed by atoms with Gasteiger partial charge in [-0.25, -0.2) is 0 Å². The van der Waals surface area contributed by atoms with E-state index < -0.39 is 0 Å². The van der Waals surface area contributed by atoms with Crippen molar-refractivity contribution in [1.29, 1.82) is 0 Å². The summed E-state index contributed by atoms with van der Waals surface area (Å²) in [5, 5.41) is 1.57. The number of methoxy groups -OCH3 is 1. The first kappa shape index (κ1) is 11.6. The highest BCUT2D eigenvalue weighted by atomic mass is 35.5. The molecule has 2 rings (SSSR count). The summed E-state index contributed by atoms with van der Waals surface area (Å²) in [5.74, 6) is 0.579. The summed E-state index contributed by atoms with van der Waals surface area (Å²) >= 11 is 18.1. The van der Waals surface area contributed by atoms with Gasteiger partial charge in [0.05, 0.1) is 12.1 Å². The van der Waals surface area contributed by atoms with Gasteiger partial charge in [-0.15, -0.1) is 0 Å². The summed E-state index contributed by atoms with van der Waals surface area (Å²) in [5.41, 5.74) is 0.684. The van der Waals surface area contributed by atoms with Gasteiger partial charge in [0.2, 0.25) is 0 Å². The smallest absolute Gasteiger partial charge is 0.145 e. The third-order valence-electron chi connectivity index (χ3n) is 2.15. The van der Waals surface area contributed by atoms with Crippen LogP contribution in [0.25, 0.3) is 5.69 Å². The summed E-state index contributed by atoms with van der Waals surface area (Å²) < 4.78 is 6.97. The molecule has 1 heterocycles. The highest BCUT2D eigenvalue weighted by Crippen LogP contribution is 2.35. The van der Waals surface area contributed by atoms with E-state index in [2.05, 4.69) is 0 Å². The molecule has 0 N–H and O–H groups in total. The fourth-order valence-electron chi connectivity index (χ4n) is 1.47. The predicted molar refractivity (Wildman–Crippen MR) is 67.4 cm³/mol. The molecule has 2 aromatic rings. The average Bonchev–Trinajstić information content (AvgIpc) is 2.63. The van der Waals surface area contributed by atoms with Gasteiger partial charge in [0.25, 0.3) is 0 Å². The summed E-state index contributed by atoms with van der Waals surface area (Å²) in [6.07, 6.45) is 1.81. The molecule has 0 saturated heterocycles. The zero-order chi connectivity index (χ0) is 11.7. The van der Waals surface area contributed by atoms with Crippen molar-refractivity contribution in [2.45, 2.75) is 0 Å². The monoisotopic (exact) mass is 275 g/mol. The number of halogens is 3. The van der Waals surface area contributed by atoms with Crippen LogP contribution in [-0.2, 0) is 0 Å². The molecule has 0 unspecified atom stereocenters. The second-order valence-corrected chi connectivity index (χ2v) is 4.37. The lowest BCUT2D eigenvalue weighted by atomic mass is 10.3. The lowest BCUT2D eigenvalue weighted by molar-refractivity contribution is 0.413. The van der Waals surface area contributed by atoms with Gasteiger partial charge < -0.3 is 9.30 Å². The van der Waals surface area contributed by atoms with Crippen LogP contribution in [-0.4, -0.2) is 11.7 Å². The van der Waals surface area contributed by atoms with E-state index >= 15 is 0 Å². The minimum atomic E-state index is 0.488. The Morgan fingerprint density at radius 3 is 2.50 bits per heavy atom. The molecule has 0 atom stereocenters. The number of hydrogen-bond acceptors (Lipinski definition) is 1. The number of ether oxygens (including phenoxy) is 1. The highest BCUT2D eigenvalue weighted by molar-refractivity contribution is 6.36. The number of aromatic nitrogens is 1. The van der Waals surface area contributed by atoms with Crippen molar-refractivity contribution >= 4 is 34.8 Å². The van der Waals surface area contributed by atoms with Gasteiger partial charge in [0, 0.05) is 17.3 Å². The SMILES string of the molecule is COc1cc(Cl)cc(Cl)c1-n1cccc1Cl. The van der Waals surface area contributed by atoms with E-state index in [9.17, 15) is 0 Å². The van der Waals surface area contributed by atoms with Gasteiger partial charge in [0.1, 0.15) is 16.6 Å². The average molecular weight is 277 g/mol. The maximum absolute atomic E-state index is 6.13. The zero-order valence-electron chi connectivity index (χ0n) is 8.38. The Morgan fingerprint density at radius 1 is 1.19 bits per heavy atom. The van der Waals surface area contributed by atoms with Crippen LogP contribution in [0.5, 0.6) is 5.75 Å². The molecule has 0 aliphatic rings. The van der Waals surface area contributed by atoms with E-state index in [-0.39, 0.29) is 0 Å². The molecule has 0 spiro atoms. The molecule has 16 heavy (non-hydrogen) atoms. The van der Waals surface area contributed by atoms with Crippen molar-refractivity contribution in [1.82, 2.24) is 4.57 Å². The first-order valence-corrected chi connectivity index (χ1v) is 5.63. The van der Waals surface area contributed by atoms with Crippen molar-refractivity contribution in [3.8, 4) is 11.4 Å². The molecule has 1 aromatic carbocycles. The number of benzene rings is 1. The molecule has 0 saturated carbocycles. The first-order chi connectivity index (χ1) is 7.63. The largest absolute Gasteiger partial charge is 0.494 e. The third kappa shape index (κ3) is 2.01. The van der Waals surface area contributed by atoms with E-state index in [1.54, 1.807) is 36.1 Å². The highest BCUT2D eigenvalue weighted by Gasteiger charge is 2.13. The summed E-state index contributed by atoms with van der Waals surface area (Å²) in [6.45, 7) is 0. The zero-order valence-corrected chi connectivity index (χ0v) is 10.6. The van der Waals surface area contributed by atoms with E-state index in [4.69, 9.17) is 39.5 Å². The standard InChI is InChI=1S/C11H8Cl3NO/c1-16-9-6-7(12)5-8(13)11(9)15-4-2-3-10(15)14/h2-6H,1H3. The summed E-state index contributed by atoms with van der Waals surface area (Å²) in [4.78, 5) is 0. The van der Waals surface area contributed by atoms with Crippen LogP contribution in [0.2, 0.25) is 15.2 Å². The maximum Gasteiger partial charge on any atom is 0.145 e. The van der Waals surface area contributed by atoms with E-state index in [1.165, 1.54) is 0 Å². The van der Waals surface area contributed by atoms with E-state index in [0.29, 0.717) is 26.6 Å². The Labute approximate surface area is 108 Å².